The molecule has 1 aliphatic heterocycles. The van der Waals surface area contributed by atoms with Crippen molar-refractivity contribution in [3.8, 4) is 0 Å². The molecule has 2 unspecified atom stereocenters. The van der Waals surface area contributed by atoms with Gasteiger partial charge >= 0.3 is 6.09 Å². The van der Waals surface area contributed by atoms with Crippen molar-refractivity contribution in [3.63, 3.8) is 0 Å². The van der Waals surface area contributed by atoms with Crippen LogP contribution in [0, 0.1) is 0 Å². The highest BCUT2D eigenvalue weighted by Gasteiger charge is 2.29. The Labute approximate surface area is 128 Å². The molecule has 0 spiro atoms. The number of methoxy groups -OCH3 is 2. The first-order valence-corrected chi connectivity index (χ1v) is 7.56. The summed E-state index contributed by atoms with van der Waals surface area (Å²) in [5.41, 5.74) is -0.456. The van der Waals surface area contributed by atoms with Crippen LogP contribution < -0.4 is 5.32 Å². The van der Waals surface area contributed by atoms with Crippen LogP contribution in [0.2, 0.25) is 0 Å². The highest BCUT2D eigenvalue weighted by molar-refractivity contribution is 5.68. The summed E-state index contributed by atoms with van der Waals surface area (Å²) in [4.78, 5) is 13.9. The second kappa shape index (κ2) is 7.96. The van der Waals surface area contributed by atoms with Gasteiger partial charge in [-0.3, -0.25) is 0 Å². The second-order valence-electron chi connectivity index (χ2n) is 6.56. The second-order valence-corrected chi connectivity index (χ2v) is 6.56. The van der Waals surface area contributed by atoms with Gasteiger partial charge in [-0.25, -0.2) is 4.79 Å². The Balaban J connectivity index is 2.50. The van der Waals surface area contributed by atoms with E-state index in [0.29, 0.717) is 6.54 Å². The average molecular weight is 302 g/mol. The van der Waals surface area contributed by atoms with Crippen molar-refractivity contribution in [1.82, 2.24) is 10.2 Å². The molecule has 1 fully saturated rings. The fraction of sp³-hybridized carbons (Fsp3) is 0.933. The Morgan fingerprint density at radius 2 is 1.90 bits per heavy atom. The van der Waals surface area contributed by atoms with Crippen molar-refractivity contribution in [2.75, 3.05) is 27.3 Å². The van der Waals surface area contributed by atoms with Crippen LogP contribution in [0.25, 0.3) is 0 Å². The zero-order valence-corrected chi connectivity index (χ0v) is 14.1. The van der Waals surface area contributed by atoms with E-state index in [1.54, 1.807) is 19.1 Å². The lowest BCUT2D eigenvalue weighted by atomic mass is 10.1. The van der Waals surface area contributed by atoms with Crippen LogP contribution in [-0.2, 0) is 14.2 Å². The Morgan fingerprint density at radius 1 is 1.29 bits per heavy atom. The largest absolute Gasteiger partial charge is 0.444 e. The topological polar surface area (TPSA) is 60.0 Å². The number of amides is 1. The zero-order chi connectivity index (χ0) is 16.0. The van der Waals surface area contributed by atoms with E-state index in [1.165, 1.54) is 0 Å². The van der Waals surface area contributed by atoms with Crippen LogP contribution in [-0.4, -0.2) is 62.3 Å². The molecule has 0 aliphatic carbocycles. The first-order chi connectivity index (χ1) is 9.76. The van der Waals surface area contributed by atoms with Gasteiger partial charge in [-0.1, -0.05) is 0 Å². The van der Waals surface area contributed by atoms with Gasteiger partial charge < -0.3 is 24.4 Å². The first kappa shape index (κ1) is 18.2. The number of nitrogens with one attached hydrogen (secondary N) is 1. The Hall–Kier alpha value is -0.850. The highest BCUT2D eigenvalue weighted by Crippen LogP contribution is 2.16. The van der Waals surface area contributed by atoms with Crippen molar-refractivity contribution >= 4 is 6.09 Å². The molecular weight excluding hydrogens is 272 g/mol. The number of likely N-dealkylation sites (tertiary alicyclic amines) is 1. The third kappa shape index (κ3) is 6.20. The lowest BCUT2D eigenvalue weighted by Gasteiger charge is -2.36. The van der Waals surface area contributed by atoms with Crippen molar-refractivity contribution in [2.24, 2.45) is 0 Å². The van der Waals surface area contributed by atoms with E-state index in [2.05, 4.69) is 5.32 Å². The smallest absolute Gasteiger partial charge is 0.410 e. The lowest BCUT2D eigenvalue weighted by Crippen LogP contribution is -2.53. The molecule has 124 valence electrons. The number of ether oxygens (including phenoxy) is 3. The molecule has 0 aromatic carbocycles. The van der Waals surface area contributed by atoms with E-state index in [4.69, 9.17) is 14.2 Å². The molecule has 0 radical (unpaired) electrons. The van der Waals surface area contributed by atoms with E-state index >= 15 is 0 Å². The van der Waals surface area contributed by atoms with Gasteiger partial charge in [0.15, 0.2) is 6.29 Å². The first-order valence-electron chi connectivity index (χ1n) is 7.56. The number of carbonyl (C=O) groups is 1. The summed E-state index contributed by atoms with van der Waals surface area (Å²) in [5, 5.41) is 3.47. The van der Waals surface area contributed by atoms with E-state index in [1.807, 2.05) is 27.7 Å². The summed E-state index contributed by atoms with van der Waals surface area (Å²) >= 11 is 0. The maximum atomic E-state index is 12.1. The summed E-state index contributed by atoms with van der Waals surface area (Å²) in [6.07, 6.45) is 1.47. The summed E-state index contributed by atoms with van der Waals surface area (Å²) in [7, 11) is 3.25. The predicted octanol–water partition coefficient (Wildman–Crippen LogP) is 1.98. The minimum absolute atomic E-state index is 0.0589. The lowest BCUT2D eigenvalue weighted by molar-refractivity contribution is -0.121. The molecule has 1 amide bonds. The number of carbonyl (C=O) groups excluding carboxylic acids is 1. The molecule has 1 rings (SSSR count). The highest BCUT2D eigenvalue weighted by atomic mass is 16.7. The number of hydrogen-bond donors (Lipinski definition) is 1. The van der Waals surface area contributed by atoms with Crippen LogP contribution in [0.3, 0.4) is 0 Å². The minimum atomic E-state index is -0.456. The van der Waals surface area contributed by atoms with Crippen LogP contribution in [0.4, 0.5) is 4.79 Å². The van der Waals surface area contributed by atoms with Crippen LogP contribution in [0.15, 0.2) is 0 Å². The fourth-order valence-electron chi connectivity index (χ4n) is 2.56. The van der Waals surface area contributed by atoms with Gasteiger partial charge in [0, 0.05) is 33.4 Å². The quantitative estimate of drug-likeness (QED) is 0.787. The Bertz CT molecular complexity index is 326. The van der Waals surface area contributed by atoms with E-state index in [0.717, 1.165) is 19.4 Å². The molecule has 2 atom stereocenters. The summed E-state index contributed by atoms with van der Waals surface area (Å²) in [5.74, 6) is 0. The number of nitrogens with zero attached hydrogens (tertiary/aromatic N) is 1. The van der Waals surface area contributed by atoms with Crippen LogP contribution in [0.1, 0.15) is 40.5 Å². The molecule has 1 N–H and O–H groups in total. The van der Waals surface area contributed by atoms with Crippen LogP contribution >= 0.6 is 0 Å². The fourth-order valence-corrected chi connectivity index (χ4v) is 2.56. The normalized spacial score (nSPS) is 21.5. The van der Waals surface area contributed by atoms with Gasteiger partial charge in [-0.2, -0.15) is 0 Å². The van der Waals surface area contributed by atoms with Gasteiger partial charge in [-0.05, 0) is 40.5 Å². The molecule has 1 heterocycles. The van der Waals surface area contributed by atoms with Gasteiger partial charge in [-0.15, -0.1) is 0 Å². The summed E-state index contributed by atoms with van der Waals surface area (Å²) < 4.78 is 15.9. The van der Waals surface area contributed by atoms with Crippen molar-refractivity contribution < 1.29 is 19.0 Å². The predicted molar refractivity (Wildman–Crippen MR) is 81.2 cm³/mol. The minimum Gasteiger partial charge on any atom is -0.444 e. The third-order valence-corrected chi connectivity index (χ3v) is 3.44. The van der Waals surface area contributed by atoms with E-state index < -0.39 is 5.60 Å². The maximum absolute atomic E-state index is 12.1. The molecule has 6 heteroatoms. The molecule has 21 heavy (non-hydrogen) atoms. The molecular formula is C15H30N2O4. The molecule has 0 aromatic heterocycles. The third-order valence-electron chi connectivity index (χ3n) is 3.44. The molecule has 1 saturated heterocycles. The number of rotatable bonds is 5. The monoisotopic (exact) mass is 302 g/mol. The van der Waals surface area contributed by atoms with Crippen molar-refractivity contribution in [3.05, 3.63) is 0 Å². The van der Waals surface area contributed by atoms with Gasteiger partial charge in [0.05, 0.1) is 6.04 Å². The van der Waals surface area contributed by atoms with Crippen molar-refractivity contribution in [2.45, 2.75) is 64.5 Å². The van der Waals surface area contributed by atoms with E-state index in [-0.39, 0.29) is 24.5 Å². The Morgan fingerprint density at radius 3 is 2.43 bits per heavy atom. The SMILES string of the molecule is COC(OC)C(C)NC1CCCN(C(=O)OC(C)(C)C)C1. The molecule has 0 bridgehead atoms. The van der Waals surface area contributed by atoms with Crippen molar-refractivity contribution in [1.29, 1.82) is 0 Å². The average Bonchev–Trinajstić information content (AvgIpc) is 2.38. The number of piperidine rings is 1. The molecule has 6 nitrogen and oxygen atoms in total. The Kier molecular flexibility index (Phi) is 6.90. The van der Waals surface area contributed by atoms with Crippen LogP contribution in [0.5, 0.6) is 0 Å². The molecule has 0 aromatic rings. The van der Waals surface area contributed by atoms with E-state index in [9.17, 15) is 4.79 Å². The summed E-state index contributed by atoms with van der Waals surface area (Å²) in [6.45, 7) is 9.07. The maximum Gasteiger partial charge on any atom is 0.410 e. The van der Waals surface area contributed by atoms with Gasteiger partial charge in [0.2, 0.25) is 0 Å². The van der Waals surface area contributed by atoms with Gasteiger partial charge in [0.1, 0.15) is 5.60 Å². The zero-order valence-electron chi connectivity index (χ0n) is 14.1. The number of hydrogen-bond acceptors (Lipinski definition) is 5. The van der Waals surface area contributed by atoms with Gasteiger partial charge in [0.25, 0.3) is 0 Å². The summed E-state index contributed by atoms with van der Waals surface area (Å²) in [6, 6.07) is 0.289. The standard InChI is InChI=1S/C15H30N2O4/c1-11(13(19-5)20-6)16-12-8-7-9-17(10-12)14(18)21-15(2,3)4/h11-13,16H,7-10H2,1-6H3. The molecule has 1 aliphatic rings. The molecule has 0 saturated carbocycles.